The molecule has 1 atom stereocenters. The summed E-state index contributed by atoms with van der Waals surface area (Å²) < 4.78 is 0. The van der Waals surface area contributed by atoms with Crippen molar-refractivity contribution in [3.63, 3.8) is 0 Å². The first-order valence-corrected chi connectivity index (χ1v) is 8.73. The zero-order valence-electron chi connectivity index (χ0n) is 13.1. The number of hydrogen-bond acceptors (Lipinski definition) is 4. The van der Waals surface area contributed by atoms with Gasteiger partial charge in [0.2, 0.25) is 5.91 Å². The Morgan fingerprint density at radius 2 is 2.14 bits per heavy atom. The van der Waals surface area contributed by atoms with Gasteiger partial charge in [0, 0.05) is 44.1 Å². The normalized spacial score (nSPS) is 18.8. The second-order valence-electron chi connectivity index (χ2n) is 6.12. The first kappa shape index (κ1) is 16.5. The van der Waals surface area contributed by atoms with Crippen molar-refractivity contribution in [2.24, 2.45) is 17.6 Å². The first-order valence-electron chi connectivity index (χ1n) is 7.85. The smallest absolute Gasteiger partial charge is 0.227 e. The van der Waals surface area contributed by atoms with Crippen LogP contribution in [0.1, 0.15) is 25.1 Å². The van der Waals surface area contributed by atoms with E-state index in [2.05, 4.69) is 36.3 Å². The van der Waals surface area contributed by atoms with Gasteiger partial charge in [-0.05, 0) is 23.8 Å². The predicted molar refractivity (Wildman–Crippen MR) is 88.2 cm³/mol. The van der Waals surface area contributed by atoms with Crippen LogP contribution in [-0.2, 0) is 11.3 Å². The van der Waals surface area contributed by atoms with Gasteiger partial charge in [-0.1, -0.05) is 19.9 Å². The van der Waals surface area contributed by atoms with E-state index in [9.17, 15) is 4.79 Å². The van der Waals surface area contributed by atoms with E-state index in [1.807, 2.05) is 4.90 Å². The highest BCUT2D eigenvalue weighted by Gasteiger charge is 2.27. The van der Waals surface area contributed by atoms with E-state index in [-0.39, 0.29) is 11.8 Å². The highest BCUT2D eigenvalue weighted by atomic mass is 32.1. The van der Waals surface area contributed by atoms with Gasteiger partial charge >= 0.3 is 0 Å². The van der Waals surface area contributed by atoms with Crippen molar-refractivity contribution in [2.45, 2.75) is 26.8 Å². The van der Waals surface area contributed by atoms with Crippen LogP contribution in [0.2, 0.25) is 0 Å². The van der Waals surface area contributed by atoms with E-state index in [1.165, 1.54) is 4.88 Å². The fourth-order valence-corrected chi connectivity index (χ4v) is 3.61. The number of rotatable bonds is 5. The van der Waals surface area contributed by atoms with Crippen LogP contribution in [0, 0.1) is 11.8 Å². The molecule has 0 aromatic carbocycles. The van der Waals surface area contributed by atoms with Gasteiger partial charge in [0.25, 0.3) is 0 Å². The van der Waals surface area contributed by atoms with E-state index < -0.39 is 0 Å². The van der Waals surface area contributed by atoms with Gasteiger partial charge in [-0.25, -0.2) is 0 Å². The van der Waals surface area contributed by atoms with Crippen molar-refractivity contribution in [2.75, 3.05) is 32.7 Å². The Bertz CT molecular complexity index is 433. The zero-order chi connectivity index (χ0) is 15.2. The minimum atomic E-state index is -0.0335. The van der Waals surface area contributed by atoms with Crippen LogP contribution in [0.15, 0.2) is 17.5 Å². The van der Waals surface area contributed by atoms with Gasteiger partial charge in [0.1, 0.15) is 0 Å². The number of amides is 1. The van der Waals surface area contributed by atoms with Crippen molar-refractivity contribution in [1.29, 1.82) is 0 Å². The molecule has 0 radical (unpaired) electrons. The van der Waals surface area contributed by atoms with E-state index in [0.717, 1.165) is 39.1 Å². The van der Waals surface area contributed by atoms with E-state index in [4.69, 9.17) is 5.73 Å². The molecule has 118 valence electrons. The average Bonchev–Trinajstić information content (AvgIpc) is 2.84. The second-order valence-corrected chi connectivity index (χ2v) is 7.15. The van der Waals surface area contributed by atoms with E-state index in [0.29, 0.717) is 12.5 Å². The van der Waals surface area contributed by atoms with Crippen LogP contribution < -0.4 is 5.73 Å². The maximum absolute atomic E-state index is 12.6. The Kier molecular flexibility index (Phi) is 6.21. The molecule has 4 nitrogen and oxygen atoms in total. The Balaban J connectivity index is 1.89. The Morgan fingerprint density at radius 1 is 1.33 bits per heavy atom. The maximum atomic E-state index is 12.6. The van der Waals surface area contributed by atoms with Gasteiger partial charge in [-0.15, -0.1) is 11.3 Å². The molecular formula is C16H27N3OS. The van der Waals surface area contributed by atoms with E-state index >= 15 is 0 Å². The second kappa shape index (κ2) is 7.92. The average molecular weight is 309 g/mol. The van der Waals surface area contributed by atoms with Gasteiger partial charge in [0.15, 0.2) is 0 Å². The van der Waals surface area contributed by atoms with Crippen LogP contribution in [-0.4, -0.2) is 48.4 Å². The van der Waals surface area contributed by atoms with E-state index in [1.54, 1.807) is 11.3 Å². The summed E-state index contributed by atoms with van der Waals surface area (Å²) in [5.41, 5.74) is 5.78. The van der Waals surface area contributed by atoms with Crippen molar-refractivity contribution >= 4 is 17.2 Å². The lowest BCUT2D eigenvalue weighted by atomic mass is 9.94. The molecule has 0 saturated carbocycles. The predicted octanol–water partition coefficient (Wildman–Crippen LogP) is 2.01. The molecule has 2 rings (SSSR count). The Morgan fingerprint density at radius 3 is 2.76 bits per heavy atom. The van der Waals surface area contributed by atoms with Crippen LogP contribution in [0.25, 0.3) is 0 Å². The molecule has 1 unspecified atom stereocenters. The monoisotopic (exact) mass is 309 g/mol. The number of nitrogens with two attached hydrogens (primary N) is 1. The number of nitrogens with zero attached hydrogens (tertiary/aromatic N) is 2. The molecule has 0 aliphatic carbocycles. The molecule has 5 heteroatoms. The summed E-state index contributed by atoms with van der Waals surface area (Å²) in [6.45, 7) is 9.33. The third-order valence-electron chi connectivity index (χ3n) is 4.24. The summed E-state index contributed by atoms with van der Waals surface area (Å²) in [4.78, 5) is 18.4. The lowest BCUT2D eigenvalue weighted by Crippen LogP contribution is -2.43. The molecule has 1 aliphatic rings. The molecular weight excluding hydrogens is 282 g/mol. The van der Waals surface area contributed by atoms with Crippen molar-refractivity contribution in [3.8, 4) is 0 Å². The maximum Gasteiger partial charge on any atom is 0.227 e. The van der Waals surface area contributed by atoms with Crippen molar-refractivity contribution < 1.29 is 4.79 Å². The van der Waals surface area contributed by atoms with Gasteiger partial charge in [0.05, 0.1) is 5.92 Å². The highest BCUT2D eigenvalue weighted by molar-refractivity contribution is 7.09. The molecule has 0 bridgehead atoms. The molecule has 2 N–H and O–H groups in total. The molecule has 2 heterocycles. The third kappa shape index (κ3) is 4.53. The fourth-order valence-electron chi connectivity index (χ4n) is 2.86. The molecule has 1 aromatic rings. The Labute approximate surface area is 131 Å². The quantitative estimate of drug-likeness (QED) is 0.905. The number of thiophene rings is 1. The molecule has 1 fully saturated rings. The summed E-state index contributed by atoms with van der Waals surface area (Å²) in [5, 5.41) is 2.12. The molecule has 1 amide bonds. The number of carbonyl (C=O) groups is 1. The standard InChI is InChI=1S/C16H27N3OS/c1-13(2)15(11-17)16(20)19-7-4-6-18(8-9-19)12-14-5-3-10-21-14/h3,5,10,13,15H,4,6-9,11-12,17H2,1-2H3. The van der Waals surface area contributed by atoms with Gasteiger partial charge < -0.3 is 10.6 Å². The molecule has 1 aromatic heterocycles. The molecule has 1 saturated heterocycles. The lowest BCUT2D eigenvalue weighted by molar-refractivity contribution is -0.136. The Hall–Kier alpha value is -0.910. The minimum Gasteiger partial charge on any atom is -0.341 e. The van der Waals surface area contributed by atoms with Crippen LogP contribution in [0.5, 0.6) is 0 Å². The highest BCUT2D eigenvalue weighted by Crippen LogP contribution is 2.17. The van der Waals surface area contributed by atoms with Crippen LogP contribution in [0.4, 0.5) is 0 Å². The number of hydrogen-bond donors (Lipinski definition) is 1. The zero-order valence-corrected chi connectivity index (χ0v) is 13.9. The van der Waals surface area contributed by atoms with Crippen LogP contribution in [0.3, 0.4) is 0 Å². The SMILES string of the molecule is CC(C)C(CN)C(=O)N1CCCN(Cc2cccs2)CC1. The summed E-state index contributed by atoms with van der Waals surface area (Å²) in [5.74, 6) is 0.521. The van der Waals surface area contributed by atoms with Crippen molar-refractivity contribution in [1.82, 2.24) is 9.80 Å². The van der Waals surface area contributed by atoms with Gasteiger partial charge in [-0.3, -0.25) is 9.69 Å². The lowest BCUT2D eigenvalue weighted by Gasteiger charge is -2.27. The van der Waals surface area contributed by atoms with Crippen molar-refractivity contribution in [3.05, 3.63) is 22.4 Å². The fraction of sp³-hybridized carbons (Fsp3) is 0.688. The number of carbonyl (C=O) groups excluding carboxylic acids is 1. The molecule has 1 aliphatic heterocycles. The minimum absolute atomic E-state index is 0.0335. The molecule has 0 spiro atoms. The largest absolute Gasteiger partial charge is 0.341 e. The topological polar surface area (TPSA) is 49.6 Å². The summed E-state index contributed by atoms with van der Waals surface area (Å²) in [6, 6.07) is 4.28. The summed E-state index contributed by atoms with van der Waals surface area (Å²) in [6.07, 6.45) is 1.05. The summed E-state index contributed by atoms with van der Waals surface area (Å²) in [7, 11) is 0. The van der Waals surface area contributed by atoms with Gasteiger partial charge in [-0.2, -0.15) is 0 Å². The molecule has 21 heavy (non-hydrogen) atoms. The van der Waals surface area contributed by atoms with Crippen LogP contribution >= 0.6 is 11.3 Å². The summed E-state index contributed by atoms with van der Waals surface area (Å²) >= 11 is 1.80. The first-order chi connectivity index (χ1) is 10.1. The third-order valence-corrected chi connectivity index (χ3v) is 5.10.